The molecule has 0 bridgehead atoms. The molecule has 0 amide bonds. The van der Waals surface area contributed by atoms with Crippen LogP contribution >= 0.6 is 11.8 Å². The van der Waals surface area contributed by atoms with Gasteiger partial charge in [-0.2, -0.15) is 127 Å². The van der Waals surface area contributed by atoms with Gasteiger partial charge in [0.2, 0.25) is 3.57 Å². The summed E-state index contributed by atoms with van der Waals surface area (Å²) in [6.45, 7) is 0.729. The molecule has 7 rings (SSSR count). The third kappa shape index (κ3) is 15.6. The zero-order valence-corrected chi connectivity index (χ0v) is 42.2. The van der Waals surface area contributed by atoms with Crippen LogP contribution in [0.3, 0.4) is 0 Å². The second kappa shape index (κ2) is 23.3. The van der Waals surface area contributed by atoms with Crippen LogP contribution in [0.5, 0.6) is 5.75 Å². The Kier molecular flexibility index (Phi) is 18.4. The summed E-state index contributed by atoms with van der Waals surface area (Å²) in [5.74, 6) is 1.91. The minimum Gasteiger partial charge on any atom is -0.493 e. The van der Waals surface area contributed by atoms with Gasteiger partial charge in [0.05, 0.1) is 56.0 Å². The molecule has 0 aliphatic carbocycles. The van der Waals surface area contributed by atoms with Crippen LogP contribution in [0, 0.1) is 7.14 Å². The molecule has 0 aliphatic rings. The first-order valence-electron chi connectivity index (χ1n) is 22.1. The van der Waals surface area contributed by atoms with Crippen LogP contribution in [0.1, 0.15) is 44.5 Å². The summed E-state index contributed by atoms with van der Waals surface area (Å²) in [6, 6.07) is 20.7. The molecule has 0 saturated heterocycles. The first kappa shape index (κ1) is 63.0. The second-order valence-electron chi connectivity index (χ2n) is 17.1. The Morgan fingerprint density at radius 1 is 0.325 bits per heavy atom. The summed E-state index contributed by atoms with van der Waals surface area (Å²) in [5, 5.41) is 0. The molecular formula is C52H30BF24IOS. The van der Waals surface area contributed by atoms with Crippen molar-refractivity contribution in [2.75, 3.05) is 12.4 Å². The van der Waals surface area contributed by atoms with Crippen LogP contribution in [0.25, 0.3) is 0 Å². The molecule has 1 nitrogen and oxygen atoms in total. The molecule has 7 aromatic carbocycles. The van der Waals surface area contributed by atoms with E-state index in [9.17, 15) is 105 Å². The van der Waals surface area contributed by atoms with E-state index < -0.39 is 195 Å². The van der Waals surface area contributed by atoms with Crippen molar-refractivity contribution < 1.29 is 131 Å². The van der Waals surface area contributed by atoms with E-state index in [0.29, 0.717) is 0 Å². The van der Waals surface area contributed by atoms with E-state index in [1.807, 2.05) is 42.1 Å². The molecule has 0 saturated carbocycles. The SMILES string of the molecule is FC(F)(F)c1cc([B-](c2cc(C(F)(F)F)cc(C(F)(F)F)c2)(c2cc(C(F)(F)F)cc(C(F)(F)F)c2)c2cc(C(F)(F)F)cc(C(F)(F)F)c2)cc(C(F)(F)F)c1.c1ccc(OCCSc2ccccc2[I+]c2ccccc2)cc1. The van der Waals surface area contributed by atoms with Gasteiger partial charge in [0.1, 0.15) is 11.9 Å². The van der Waals surface area contributed by atoms with Crippen LogP contribution in [0.2, 0.25) is 0 Å². The molecule has 0 fully saturated rings. The molecule has 0 spiro atoms. The molecule has 0 heterocycles. The van der Waals surface area contributed by atoms with Crippen molar-refractivity contribution >= 4 is 39.8 Å². The Morgan fingerprint density at radius 2 is 0.588 bits per heavy atom. The van der Waals surface area contributed by atoms with Crippen LogP contribution in [0.15, 0.2) is 163 Å². The second-order valence-corrected chi connectivity index (χ2v) is 21.1. The topological polar surface area (TPSA) is 9.23 Å². The number of para-hydroxylation sites is 1. The van der Waals surface area contributed by atoms with Crippen molar-refractivity contribution in [2.24, 2.45) is 0 Å². The van der Waals surface area contributed by atoms with Gasteiger partial charge in [-0.25, -0.2) is 0 Å². The zero-order chi connectivity index (χ0) is 59.7. The van der Waals surface area contributed by atoms with E-state index in [1.54, 1.807) is 0 Å². The number of ether oxygens (including phenoxy) is 1. The average molecular weight is 1300 g/mol. The lowest BCUT2D eigenvalue weighted by molar-refractivity contribution is -0.601. The van der Waals surface area contributed by atoms with Gasteiger partial charge in [0.25, 0.3) is 0 Å². The lowest BCUT2D eigenvalue weighted by Crippen LogP contribution is -3.61. The highest BCUT2D eigenvalue weighted by Gasteiger charge is 2.47. The largest absolute Gasteiger partial charge is 0.493 e. The van der Waals surface area contributed by atoms with Crippen molar-refractivity contribution in [3.05, 3.63) is 209 Å². The highest BCUT2D eigenvalue weighted by atomic mass is 127. The molecule has 0 N–H and O–H groups in total. The van der Waals surface area contributed by atoms with Crippen molar-refractivity contribution in [3.8, 4) is 5.75 Å². The molecule has 0 aliphatic heterocycles. The maximum absolute atomic E-state index is 14.2. The monoisotopic (exact) mass is 1300 g/mol. The Hall–Kier alpha value is -6.20. The summed E-state index contributed by atoms with van der Waals surface area (Å²) in [7, 11) is 0. The lowest BCUT2D eigenvalue weighted by atomic mass is 9.12. The number of thioether (sulfide) groups is 1. The first-order chi connectivity index (χ1) is 36.7. The third-order valence-electron chi connectivity index (χ3n) is 11.6. The molecule has 0 aromatic heterocycles. The highest BCUT2D eigenvalue weighted by Crippen LogP contribution is 2.41. The van der Waals surface area contributed by atoms with E-state index in [-0.39, 0.29) is 21.2 Å². The Bertz CT molecular complexity index is 2810. The highest BCUT2D eigenvalue weighted by molar-refractivity contribution is 7.99. The normalized spacial score (nSPS) is 13.2. The molecule has 7 aromatic rings. The molecule has 0 unspecified atom stereocenters. The first-order valence-corrected chi connectivity index (χ1v) is 25.3. The predicted molar refractivity (Wildman–Crippen MR) is 243 cm³/mol. The lowest BCUT2D eigenvalue weighted by Gasteiger charge is -2.46. The Morgan fingerprint density at radius 3 is 0.875 bits per heavy atom. The van der Waals surface area contributed by atoms with Gasteiger partial charge >= 0.3 is 70.6 Å². The van der Waals surface area contributed by atoms with Gasteiger partial charge in [-0.3, -0.25) is 0 Å². The molecule has 80 heavy (non-hydrogen) atoms. The summed E-state index contributed by atoms with van der Waals surface area (Å²) in [5.41, 5.74) is -30.2. The van der Waals surface area contributed by atoms with E-state index in [4.69, 9.17) is 4.74 Å². The van der Waals surface area contributed by atoms with Crippen molar-refractivity contribution in [2.45, 2.75) is 54.3 Å². The number of hydrogen-bond acceptors (Lipinski definition) is 2. The number of halogens is 25. The van der Waals surface area contributed by atoms with Gasteiger partial charge in [-0.1, -0.05) is 97.1 Å². The Balaban J connectivity index is 0.000000370. The fourth-order valence-electron chi connectivity index (χ4n) is 8.13. The number of benzene rings is 7. The van der Waals surface area contributed by atoms with Crippen LogP contribution in [-0.4, -0.2) is 18.5 Å². The zero-order valence-electron chi connectivity index (χ0n) is 39.3. The van der Waals surface area contributed by atoms with Gasteiger partial charge in [0, 0.05) is 5.75 Å². The van der Waals surface area contributed by atoms with Gasteiger partial charge in [-0.05, 0) is 60.7 Å². The van der Waals surface area contributed by atoms with Crippen molar-refractivity contribution in [3.63, 3.8) is 0 Å². The summed E-state index contributed by atoms with van der Waals surface area (Å²) < 4.78 is 350. The van der Waals surface area contributed by atoms with Crippen molar-refractivity contribution in [1.82, 2.24) is 0 Å². The van der Waals surface area contributed by atoms with Gasteiger partial charge < -0.3 is 4.74 Å². The summed E-state index contributed by atoms with van der Waals surface area (Å²) in [4.78, 5) is 1.39. The fraction of sp³-hybridized carbons (Fsp3) is 0.192. The smallest absolute Gasteiger partial charge is 0.416 e. The number of alkyl halides is 24. The number of hydrogen-bond donors (Lipinski definition) is 0. The molecule has 428 valence electrons. The summed E-state index contributed by atoms with van der Waals surface area (Å²) in [6.07, 6.45) is -54.8. The number of rotatable bonds is 11. The third-order valence-corrected chi connectivity index (χ3v) is 15.8. The fourth-order valence-corrected chi connectivity index (χ4v) is 11.9. The maximum atomic E-state index is 14.2. The standard InChI is InChI=1S/C32H12BF24.C20H18IOS/c34-25(35,36)13-1-14(26(37,38)39)6-21(5-13)33(22-7-15(27(40,41)42)2-16(8-22)28(43,44)45,23-9-17(29(46,47)48)3-18(10-23)30(49,50)51)24-11-19(31(52,53)54)4-20(12-24)32(55,56)57;1-3-9-17(10-4-1)21-19-13-7-8-14-20(19)23-16-15-22-18-11-5-2-6-12-18/h1-12H;1-14H,15-16H2/q-1;+1. The minimum absolute atomic E-state index is 0.121. The molecule has 0 atom stereocenters. The minimum atomic E-state index is -6.13. The van der Waals surface area contributed by atoms with E-state index in [1.165, 1.54) is 12.0 Å². The molecular weight excluding hydrogens is 1270 g/mol. The van der Waals surface area contributed by atoms with Crippen molar-refractivity contribution in [1.29, 1.82) is 0 Å². The van der Waals surface area contributed by atoms with E-state index >= 15 is 0 Å². The van der Waals surface area contributed by atoms with Crippen LogP contribution < -0.4 is 47.8 Å². The van der Waals surface area contributed by atoms with Crippen LogP contribution in [0.4, 0.5) is 105 Å². The maximum Gasteiger partial charge on any atom is 0.416 e. The Labute approximate surface area is 451 Å². The molecule has 0 radical (unpaired) electrons. The van der Waals surface area contributed by atoms with E-state index in [2.05, 4.69) is 54.6 Å². The van der Waals surface area contributed by atoms with Crippen LogP contribution in [-0.2, 0) is 49.4 Å². The van der Waals surface area contributed by atoms with Gasteiger partial charge in [-0.15, -0.1) is 11.8 Å². The predicted octanol–water partition coefficient (Wildman–Crippen LogP) is 13.2. The summed E-state index contributed by atoms with van der Waals surface area (Å²) >= 11 is 1.77. The quantitative estimate of drug-likeness (QED) is 0.0420. The van der Waals surface area contributed by atoms with Gasteiger partial charge in [0.15, 0.2) is 3.57 Å². The van der Waals surface area contributed by atoms with E-state index in [0.717, 1.165) is 18.1 Å². The molecule has 28 heteroatoms. The average Bonchev–Trinajstić information content (AvgIpc) is 3.36.